The Morgan fingerprint density at radius 2 is 1.78 bits per heavy atom. The number of aliphatic carboxylic acids is 1. The van der Waals surface area contributed by atoms with Gasteiger partial charge in [-0.3, -0.25) is 4.79 Å². The van der Waals surface area contributed by atoms with Crippen molar-refractivity contribution in [2.24, 2.45) is 5.41 Å². The van der Waals surface area contributed by atoms with Gasteiger partial charge in [0.25, 0.3) is 0 Å². The third kappa shape index (κ3) is 2.56. The maximum Gasteiger partial charge on any atom is 0.312 e. The van der Waals surface area contributed by atoms with Gasteiger partial charge in [0.2, 0.25) is 0 Å². The topological polar surface area (TPSA) is 76.0 Å². The van der Waals surface area contributed by atoms with Crippen LogP contribution in [0.4, 0.5) is 0 Å². The molecule has 0 aliphatic rings. The fourth-order valence-corrected chi connectivity index (χ4v) is 1.56. The number of rotatable bonds is 5. The van der Waals surface area contributed by atoms with Gasteiger partial charge in [-0.15, -0.1) is 0 Å². The zero-order chi connectivity index (χ0) is 13.9. The Morgan fingerprint density at radius 1 is 1.22 bits per heavy atom. The lowest BCUT2D eigenvalue weighted by Gasteiger charge is -2.26. The number of aliphatic hydroxyl groups excluding tert-OH is 1. The smallest absolute Gasteiger partial charge is 0.312 e. The van der Waals surface area contributed by atoms with Gasteiger partial charge in [0.15, 0.2) is 11.5 Å². The van der Waals surface area contributed by atoms with Crippen LogP contribution in [-0.4, -0.2) is 30.4 Å². The van der Waals surface area contributed by atoms with Gasteiger partial charge in [-0.1, -0.05) is 6.07 Å². The molecule has 0 aromatic heterocycles. The molecule has 0 bridgehead atoms. The molecule has 0 saturated heterocycles. The van der Waals surface area contributed by atoms with Crippen molar-refractivity contribution < 1.29 is 24.5 Å². The summed E-state index contributed by atoms with van der Waals surface area (Å²) >= 11 is 0. The molecule has 0 heterocycles. The van der Waals surface area contributed by atoms with Crippen LogP contribution in [0.1, 0.15) is 25.5 Å². The lowest BCUT2D eigenvalue weighted by Crippen LogP contribution is -2.31. The van der Waals surface area contributed by atoms with Crippen LogP contribution in [0.15, 0.2) is 18.2 Å². The molecule has 100 valence electrons. The van der Waals surface area contributed by atoms with Gasteiger partial charge in [0.1, 0.15) is 0 Å². The van der Waals surface area contributed by atoms with Gasteiger partial charge in [0.05, 0.1) is 25.7 Å². The average molecular weight is 254 g/mol. The number of carboxylic acids is 1. The molecule has 1 rings (SSSR count). The van der Waals surface area contributed by atoms with Crippen LogP contribution in [0.2, 0.25) is 0 Å². The Balaban J connectivity index is 3.15. The summed E-state index contributed by atoms with van der Waals surface area (Å²) < 4.78 is 10.2. The second kappa shape index (κ2) is 5.27. The first-order valence-corrected chi connectivity index (χ1v) is 5.48. The zero-order valence-corrected chi connectivity index (χ0v) is 10.9. The normalized spacial score (nSPS) is 12.9. The van der Waals surface area contributed by atoms with Gasteiger partial charge in [0, 0.05) is 0 Å². The van der Waals surface area contributed by atoms with Crippen LogP contribution in [0.3, 0.4) is 0 Å². The minimum Gasteiger partial charge on any atom is -0.493 e. The number of benzene rings is 1. The molecule has 0 aliphatic carbocycles. The van der Waals surface area contributed by atoms with Gasteiger partial charge >= 0.3 is 5.97 Å². The summed E-state index contributed by atoms with van der Waals surface area (Å²) in [5.41, 5.74) is -0.806. The minimum atomic E-state index is -1.28. The van der Waals surface area contributed by atoms with E-state index in [1.165, 1.54) is 28.1 Å². The van der Waals surface area contributed by atoms with Crippen molar-refractivity contribution in [2.45, 2.75) is 20.0 Å². The molecular formula is C13H18O5. The van der Waals surface area contributed by atoms with E-state index in [9.17, 15) is 9.90 Å². The molecule has 0 spiro atoms. The third-order valence-corrected chi connectivity index (χ3v) is 2.96. The lowest BCUT2D eigenvalue weighted by molar-refractivity contribution is -0.153. The molecule has 0 fully saturated rings. The summed E-state index contributed by atoms with van der Waals surface area (Å²) in [6.07, 6.45) is -1.13. The van der Waals surface area contributed by atoms with Gasteiger partial charge in [-0.05, 0) is 31.5 Å². The van der Waals surface area contributed by atoms with E-state index in [1.807, 2.05) is 0 Å². The number of carboxylic acid groups (broad SMARTS) is 1. The van der Waals surface area contributed by atoms with Crippen LogP contribution in [0, 0.1) is 5.41 Å². The highest BCUT2D eigenvalue weighted by molar-refractivity contribution is 5.74. The van der Waals surface area contributed by atoms with E-state index >= 15 is 0 Å². The van der Waals surface area contributed by atoms with Crippen LogP contribution in [0.5, 0.6) is 11.5 Å². The number of ether oxygens (including phenoxy) is 2. The average Bonchev–Trinajstić information content (AvgIpc) is 2.36. The Hall–Kier alpha value is -1.75. The summed E-state index contributed by atoms with van der Waals surface area (Å²) in [6.45, 7) is 2.94. The quantitative estimate of drug-likeness (QED) is 0.838. The highest BCUT2D eigenvalue weighted by atomic mass is 16.5. The van der Waals surface area contributed by atoms with E-state index in [4.69, 9.17) is 14.6 Å². The van der Waals surface area contributed by atoms with Crippen molar-refractivity contribution in [3.63, 3.8) is 0 Å². The Kier molecular flexibility index (Phi) is 4.19. The molecule has 0 amide bonds. The first-order valence-electron chi connectivity index (χ1n) is 5.48. The predicted molar refractivity (Wildman–Crippen MR) is 65.9 cm³/mol. The molecule has 0 aliphatic heterocycles. The fourth-order valence-electron chi connectivity index (χ4n) is 1.56. The standard InChI is InChI=1S/C13H18O5/c1-13(2,12(15)16)11(14)8-5-6-9(17-3)10(7-8)18-4/h5-7,11,14H,1-4H3,(H,15,16). The van der Waals surface area contributed by atoms with E-state index in [2.05, 4.69) is 0 Å². The molecule has 18 heavy (non-hydrogen) atoms. The number of hydrogen-bond acceptors (Lipinski definition) is 4. The Morgan fingerprint density at radius 3 is 2.22 bits per heavy atom. The van der Waals surface area contributed by atoms with Crippen molar-refractivity contribution in [2.75, 3.05) is 14.2 Å². The molecular weight excluding hydrogens is 236 g/mol. The molecule has 1 aromatic rings. The van der Waals surface area contributed by atoms with Crippen molar-refractivity contribution in [1.82, 2.24) is 0 Å². The number of carbonyl (C=O) groups is 1. The first-order chi connectivity index (χ1) is 8.34. The van der Waals surface area contributed by atoms with E-state index in [1.54, 1.807) is 18.2 Å². The van der Waals surface area contributed by atoms with E-state index in [0.717, 1.165) is 0 Å². The monoisotopic (exact) mass is 254 g/mol. The first kappa shape index (κ1) is 14.3. The summed E-state index contributed by atoms with van der Waals surface area (Å²) in [4.78, 5) is 11.1. The van der Waals surface area contributed by atoms with Crippen molar-refractivity contribution in [3.8, 4) is 11.5 Å². The maximum atomic E-state index is 11.1. The lowest BCUT2D eigenvalue weighted by atomic mass is 9.83. The highest BCUT2D eigenvalue weighted by Crippen LogP contribution is 2.37. The van der Waals surface area contributed by atoms with Crippen molar-refractivity contribution in [1.29, 1.82) is 0 Å². The second-order valence-corrected chi connectivity index (χ2v) is 4.54. The maximum absolute atomic E-state index is 11.1. The number of hydrogen-bond donors (Lipinski definition) is 2. The third-order valence-electron chi connectivity index (χ3n) is 2.96. The Labute approximate surface area is 106 Å². The van der Waals surface area contributed by atoms with Crippen molar-refractivity contribution >= 4 is 5.97 Å². The molecule has 1 unspecified atom stereocenters. The molecule has 1 atom stereocenters. The number of methoxy groups -OCH3 is 2. The molecule has 5 heteroatoms. The predicted octanol–water partition coefficient (Wildman–Crippen LogP) is 1.85. The molecule has 5 nitrogen and oxygen atoms in total. The van der Waals surface area contributed by atoms with Crippen molar-refractivity contribution in [3.05, 3.63) is 23.8 Å². The SMILES string of the molecule is COc1ccc(C(O)C(C)(C)C(=O)O)cc1OC. The molecule has 2 N–H and O–H groups in total. The van der Waals surface area contributed by atoms with Crippen LogP contribution < -0.4 is 9.47 Å². The molecule has 1 aromatic carbocycles. The van der Waals surface area contributed by atoms with Crippen LogP contribution in [-0.2, 0) is 4.79 Å². The number of aliphatic hydroxyl groups is 1. The van der Waals surface area contributed by atoms with E-state index < -0.39 is 17.5 Å². The fraction of sp³-hybridized carbons (Fsp3) is 0.462. The van der Waals surface area contributed by atoms with Gasteiger partial charge in [-0.25, -0.2) is 0 Å². The minimum absolute atomic E-state index is 0.454. The molecule has 0 radical (unpaired) electrons. The summed E-state index contributed by atoms with van der Waals surface area (Å²) in [6, 6.07) is 4.83. The second-order valence-electron chi connectivity index (χ2n) is 4.54. The summed E-state index contributed by atoms with van der Waals surface area (Å²) in [5, 5.41) is 19.2. The summed E-state index contributed by atoms with van der Waals surface area (Å²) in [5.74, 6) is -0.0818. The van der Waals surface area contributed by atoms with E-state index in [0.29, 0.717) is 17.1 Å². The van der Waals surface area contributed by atoms with Crippen LogP contribution >= 0.6 is 0 Å². The highest BCUT2D eigenvalue weighted by Gasteiger charge is 2.37. The van der Waals surface area contributed by atoms with Gasteiger partial charge < -0.3 is 19.7 Å². The largest absolute Gasteiger partial charge is 0.493 e. The molecule has 0 saturated carbocycles. The summed E-state index contributed by atoms with van der Waals surface area (Å²) in [7, 11) is 2.99. The van der Waals surface area contributed by atoms with Gasteiger partial charge in [-0.2, -0.15) is 0 Å². The Bertz CT molecular complexity index is 439. The van der Waals surface area contributed by atoms with E-state index in [-0.39, 0.29) is 0 Å². The zero-order valence-electron chi connectivity index (χ0n) is 10.9. The van der Waals surface area contributed by atoms with Crippen LogP contribution in [0.25, 0.3) is 0 Å².